The van der Waals surface area contributed by atoms with Crippen LogP contribution in [0.25, 0.3) is 0 Å². The second kappa shape index (κ2) is 5.19. The van der Waals surface area contributed by atoms with E-state index >= 15 is 0 Å². The average Bonchev–Trinajstić information content (AvgIpc) is 2.73. The van der Waals surface area contributed by atoms with Crippen molar-refractivity contribution < 1.29 is 9.53 Å². The van der Waals surface area contributed by atoms with Gasteiger partial charge in [0.05, 0.1) is 6.54 Å². The van der Waals surface area contributed by atoms with Crippen molar-refractivity contribution in [2.45, 2.75) is 13.0 Å². The molecule has 4 nitrogen and oxygen atoms in total. The highest BCUT2D eigenvalue weighted by atomic mass is 16.6. The molecule has 1 fully saturated rings. The molecule has 0 saturated carbocycles. The van der Waals surface area contributed by atoms with Gasteiger partial charge in [0.1, 0.15) is 6.61 Å². The second-order valence-electron chi connectivity index (χ2n) is 4.31. The highest BCUT2D eigenvalue weighted by Gasteiger charge is 2.24. The molecule has 0 aliphatic carbocycles. The smallest absolute Gasteiger partial charge is 0.410 e. The Labute approximate surface area is 102 Å². The van der Waals surface area contributed by atoms with Gasteiger partial charge in [-0.05, 0) is 19.5 Å². The van der Waals surface area contributed by atoms with Gasteiger partial charge in [-0.25, -0.2) is 4.79 Å². The third-order valence-corrected chi connectivity index (χ3v) is 3.08. The van der Waals surface area contributed by atoms with E-state index in [1.165, 1.54) is 11.1 Å². The molecule has 1 aliphatic rings. The first-order chi connectivity index (χ1) is 8.20. The Morgan fingerprint density at radius 1 is 1.41 bits per heavy atom. The summed E-state index contributed by atoms with van der Waals surface area (Å²) in [7, 11) is 1.91. The van der Waals surface area contributed by atoms with E-state index in [1.54, 1.807) is 4.90 Å². The monoisotopic (exact) mass is 234 g/mol. The minimum atomic E-state index is -0.211. The number of amides is 1. The molecule has 1 amide bonds. The molecular formula is C13H18N2O2. The fraction of sp³-hybridized carbons (Fsp3) is 0.462. The largest absolute Gasteiger partial charge is 0.448 e. The summed E-state index contributed by atoms with van der Waals surface area (Å²) in [5.74, 6) is 0. The minimum Gasteiger partial charge on any atom is -0.448 e. The molecular weight excluding hydrogens is 216 g/mol. The van der Waals surface area contributed by atoms with Gasteiger partial charge < -0.3 is 15.0 Å². The first-order valence-corrected chi connectivity index (χ1v) is 5.86. The number of aryl methyl sites for hydroxylation is 1. The Hall–Kier alpha value is -1.55. The third kappa shape index (κ3) is 2.77. The predicted molar refractivity (Wildman–Crippen MR) is 65.9 cm³/mol. The lowest BCUT2D eigenvalue weighted by molar-refractivity contribution is 0.156. The zero-order valence-corrected chi connectivity index (χ0v) is 10.3. The summed E-state index contributed by atoms with van der Waals surface area (Å²) in [5.41, 5.74) is 2.43. The Morgan fingerprint density at radius 2 is 2.12 bits per heavy atom. The number of nitrogens with zero attached hydrogens (tertiary/aromatic N) is 1. The van der Waals surface area contributed by atoms with Crippen molar-refractivity contribution in [2.75, 3.05) is 26.7 Å². The number of benzene rings is 1. The molecule has 1 saturated heterocycles. The number of ether oxygens (including phenoxy) is 1. The van der Waals surface area contributed by atoms with Crippen molar-refractivity contribution >= 4 is 6.09 Å². The van der Waals surface area contributed by atoms with Crippen LogP contribution in [0, 0.1) is 6.92 Å². The summed E-state index contributed by atoms with van der Waals surface area (Å²) in [5, 5.41) is 3.24. The lowest BCUT2D eigenvalue weighted by atomic mass is 10.0. The van der Waals surface area contributed by atoms with Gasteiger partial charge in [0.15, 0.2) is 0 Å². The van der Waals surface area contributed by atoms with Crippen LogP contribution in [0.2, 0.25) is 0 Å². The fourth-order valence-corrected chi connectivity index (χ4v) is 1.97. The lowest BCUT2D eigenvalue weighted by Crippen LogP contribution is -2.34. The first-order valence-electron chi connectivity index (χ1n) is 5.86. The van der Waals surface area contributed by atoms with Crippen molar-refractivity contribution in [3.05, 3.63) is 35.4 Å². The van der Waals surface area contributed by atoms with Crippen molar-refractivity contribution in [3.63, 3.8) is 0 Å². The molecule has 17 heavy (non-hydrogen) atoms. The number of hydrogen-bond acceptors (Lipinski definition) is 3. The van der Waals surface area contributed by atoms with Gasteiger partial charge in [-0.3, -0.25) is 0 Å². The van der Waals surface area contributed by atoms with Crippen LogP contribution in [0.1, 0.15) is 17.2 Å². The topological polar surface area (TPSA) is 41.6 Å². The number of cyclic esters (lactones) is 1. The Balaban J connectivity index is 2.05. The molecule has 1 aliphatic heterocycles. The normalized spacial score (nSPS) is 17.1. The predicted octanol–water partition coefficient (Wildman–Crippen LogP) is 1.71. The molecule has 4 heteroatoms. The van der Waals surface area contributed by atoms with Crippen LogP contribution in [0.5, 0.6) is 0 Å². The second-order valence-corrected chi connectivity index (χ2v) is 4.31. The van der Waals surface area contributed by atoms with E-state index < -0.39 is 0 Å². The maximum absolute atomic E-state index is 11.4. The number of hydrogen-bond donors (Lipinski definition) is 1. The molecule has 1 N–H and O–H groups in total. The Bertz CT molecular complexity index is 389. The maximum Gasteiger partial charge on any atom is 0.410 e. The van der Waals surface area contributed by atoms with E-state index in [-0.39, 0.29) is 12.1 Å². The first kappa shape index (κ1) is 11.9. The van der Waals surface area contributed by atoms with E-state index in [1.807, 2.05) is 7.05 Å². The van der Waals surface area contributed by atoms with Crippen molar-refractivity contribution in [2.24, 2.45) is 0 Å². The summed E-state index contributed by atoms with van der Waals surface area (Å²) >= 11 is 0. The number of carbonyl (C=O) groups is 1. The summed E-state index contributed by atoms with van der Waals surface area (Å²) in [6, 6.07) is 8.51. The molecule has 1 atom stereocenters. The molecule has 2 rings (SSSR count). The lowest BCUT2D eigenvalue weighted by Gasteiger charge is -2.22. The SMILES string of the molecule is CNC(CN1CCOC1=O)c1ccc(C)cc1. The van der Waals surface area contributed by atoms with E-state index in [0.717, 1.165) is 0 Å². The summed E-state index contributed by atoms with van der Waals surface area (Å²) < 4.78 is 4.93. The number of carbonyl (C=O) groups excluding carboxylic acids is 1. The summed E-state index contributed by atoms with van der Waals surface area (Å²) in [6.45, 7) is 3.90. The van der Waals surface area contributed by atoms with E-state index in [4.69, 9.17) is 4.74 Å². The maximum atomic E-state index is 11.4. The van der Waals surface area contributed by atoms with E-state index in [9.17, 15) is 4.79 Å². The quantitative estimate of drug-likeness (QED) is 0.862. The molecule has 1 aromatic rings. The van der Waals surface area contributed by atoms with Gasteiger partial charge >= 0.3 is 6.09 Å². The molecule has 1 heterocycles. The minimum absolute atomic E-state index is 0.154. The molecule has 0 spiro atoms. The molecule has 1 aromatic carbocycles. The molecule has 0 radical (unpaired) electrons. The summed E-state index contributed by atoms with van der Waals surface area (Å²) in [4.78, 5) is 13.1. The van der Waals surface area contributed by atoms with Crippen LogP contribution in [0.15, 0.2) is 24.3 Å². The number of nitrogens with one attached hydrogen (secondary N) is 1. The Morgan fingerprint density at radius 3 is 2.65 bits per heavy atom. The zero-order chi connectivity index (χ0) is 12.3. The molecule has 0 bridgehead atoms. The summed E-state index contributed by atoms with van der Waals surface area (Å²) in [6.07, 6.45) is -0.211. The van der Waals surface area contributed by atoms with Crippen LogP contribution < -0.4 is 5.32 Å². The van der Waals surface area contributed by atoms with Gasteiger partial charge in [0.25, 0.3) is 0 Å². The van der Waals surface area contributed by atoms with E-state index in [0.29, 0.717) is 19.7 Å². The number of rotatable bonds is 4. The van der Waals surface area contributed by atoms with Gasteiger partial charge in [-0.15, -0.1) is 0 Å². The van der Waals surface area contributed by atoms with Gasteiger partial charge in [0.2, 0.25) is 0 Å². The van der Waals surface area contributed by atoms with E-state index in [2.05, 4.69) is 36.5 Å². The van der Waals surface area contributed by atoms with Crippen LogP contribution in [0.3, 0.4) is 0 Å². The molecule has 1 unspecified atom stereocenters. The standard InChI is InChI=1S/C13H18N2O2/c1-10-3-5-11(6-4-10)12(14-2)9-15-7-8-17-13(15)16/h3-6,12,14H,7-9H2,1-2H3. The van der Waals surface area contributed by atoms with Crippen LogP contribution in [-0.2, 0) is 4.74 Å². The van der Waals surface area contributed by atoms with Gasteiger partial charge in [0, 0.05) is 12.6 Å². The fourth-order valence-electron chi connectivity index (χ4n) is 1.97. The van der Waals surface area contributed by atoms with Crippen LogP contribution in [0.4, 0.5) is 4.79 Å². The van der Waals surface area contributed by atoms with Crippen molar-refractivity contribution in [1.82, 2.24) is 10.2 Å². The van der Waals surface area contributed by atoms with Crippen LogP contribution >= 0.6 is 0 Å². The highest BCUT2D eigenvalue weighted by Crippen LogP contribution is 2.16. The zero-order valence-electron chi connectivity index (χ0n) is 10.3. The van der Waals surface area contributed by atoms with Crippen molar-refractivity contribution in [1.29, 1.82) is 0 Å². The third-order valence-electron chi connectivity index (χ3n) is 3.08. The number of likely N-dealkylation sites (N-methyl/N-ethyl adjacent to an activating group) is 1. The molecule has 92 valence electrons. The van der Waals surface area contributed by atoms with Crippen molar-refractivity contribution in [3.8, 4) is 0 Å². The van der Waals surface area contributed by atoms with Gasteiger partial charge in [-0.2, -0.15) is 0 Å². The van der Waals surface area contributed by atoms with Crippen LogP contribution in [-0.4, -0.2) is 37.7 Å². The average molecular weight is 234 g/mol. The Kier molecular flexibility index (Phi) is 3.64. The highest BCUT2D eigenvalue weighted by molar-refractivity contribution is 5.69. The van der Waals surface area contributed by atoms with Gasteiger partial charge in [-0.1, -0.05) is 29.8 Å². The molecule has 0 aromatic heterocycles.